The van der Waals surface area contributed by atoms with E-state index in [0.717, 1.165) is 0 Å². The molecule has 6 heteroatoms. The Labute approximate surface area is 103 Å². The molecule has 0 aromatic carbocycles. The average molecular weight is 245 g/mol. The van der Waals surface area contributed by atoms with Crippen molar-refractivity contribution in [2.75, 3.05) is 27.7 Å². The van der Waals surface area contributed by atoms with E-state index in [0.29, 0.717) is 6.54 Å². The zero-order chi connectivity index (χ0) is 13.6. The van der Waals surface area contributed by atoms with Gasteiger partial charge in [0.1, 0.15) is 6.04 Å². The highest BCUT2D eigenvalue weighted by Crippen LogP contribution is 2.11. The molecule has 100 valence electrons. The molecule has 1 atom stereocenters. The SMILES string of the molecule is CCN(C)C(=O)C(NC(=O)OC)C(C)(C)NC. The number of amides is 2. The molecule has 0 fully saturated rings. The minimum atomic E-state index is -0.676. The van der Waals surface area contributed by atoms with Crippen LogP contribution in [0.4, 0.5) is 4.79 Å². The fraction of sp³-hybridized carbons (Fsp3) is 0.818. The van der Waals surface area contributed by atoms with Gasteiger partial charge in [-0.25, -0.2) is 4.79 Å². The van der Waals surface area contributed by atoms with Crippen LogP contribution in [-0.2, 0) is 9.53 Å². The lowest BCUT2D eigenvalue weighted by Crippen LogP contribution is -2.62. The summed E-state index contributed by atoms with van der Waals surface area (Å²) < 4.78 is 4.54. The van der Waals surface area contributed by atoms with Crippen LogP contribution < -0.4 is 10.6 Å². The molecule has 0 aliphatic rings. The maximum absolute atomic E-state index is 12.1. The molecule has 6 nitrogen and oxygen atoms in total. The van der Waals surface area contributed by atoms with Gasteiger partial charge in [0.25, 0.3) is 0 Å². The fourth-order valence-corrected chi connectivity index (χ4v) is 1.25. The van der Waals surface area contributed by atoms with Crippen LogP contribution >= 0.6 is 0 Å². The van der Waals surface area contributed by atoms with Gasteiger partial charge in [-0.2, -0.15) is 0 Å². The second-order valence-electron chi connectivity index (χ2n) is 4.39. The summed E-state index contributed by atoms with van der Waals surface area (Å²) in [6, 6.07) is -0.676. The van der Waals surface area contributed by atoms with Gasteiger partial charge in [-0.1, -0.05) is 0 Å². The Morgan fingerprint density at radius 3 is 2.29 bits per heavy atom. The number of ether oxygens (including phenoxy) is 1. The van der Waals surface area contributed by atoms with Crippen LogP contribution in [0.1, 0.15) is 20.8 Å². The Balaban J connectivity index is 4.98. The Hall–Kier alpha value is -1.30. The van der Waals surface area contributed by atoms with Crippen LogP contribution in [0.15, 0.2) is 0 Å². The largest absolute Gasteiger partial charge is 0.453 e. The maximum atomic E-state index is 12.1. The van der Waals surface area contributed by atoms with E-state index in [2.05, 4.69) is 15.4 Å². The zero-order valence-corrected chi connectivity index (χ0v) is 11.5. The van der Waals surface area contributed by atoms with Crippen molar-refractivity contribution in [1.29, 1.82) is 0 Å². The molecule has 1 unspecified atom stereocenters. The van der Waals surface area contributed by atoms with Gasteiger partial charge in [0.05, 0.1) is 7.11 Å². The van der Waals surface area contributed by atoms with Crippen molar-refractivity contribution in [2.24, 2.45) is 0 Å². The van der Waals surface area contributed by atoms with Gasteiger partial charge in [0, 0.05) is 19.1 Å². The Kier molecular flexibility index (Phi) is 5.95. The summed E-state index contributed by atoms with van der Waals surface area (Å²) in [5.41, 5.74) is -0.561. The second kappa shape index (κ2) is 6.44. The number of methoxy groups -OCH3 is 1. The van der Waals surface area contributed by atoms with E-state index >= 15 is 0 Å². The zero-order valence-electron chi connectivity index (χ0n) is 11.5. The number of nitrogens with one attached hydrogen (secondary N) is 2. The predicted octanol–water partition coefficient (Wildman–Crippen LogP) is 0.187. The number of alkyl carbamates (subject to hydrolysis) is 1. The van der Waals surface area contributed by atoms with Crippen LogP contribution in [-0.4, -0.2) is 56.2 Å². The molecule has 17 heavy (non-hydrogen) atoms. The van der Waals surface area contributed by atoms with Gasteiger partial charge < -0.3 is 20.3 Å². The Bertz CT molecular complexity index is 279. The molecule has 0 bridgehead atoms. The second-order valence-corrected chi connectivity index (χ2v) is 4.39. The number of rotatable bonds is 5. The van der Waals surface area contributed by atoms with E-state index in [-0.39, 0.29) is 5.91 Å². The smallest absolute Gasteiger partial charge is 0.407 e. The van der Waals surface area contributed by atoms with Crippen molar-refractivity contribution in [3.63, 3.8) is 0 Å². The van der Waals surface area contributed by atoms with E-state index in [9.17, 15) is 9.59 Å². The third kappa shape index (κ3) is 4.22. The van der Waals surface area contributed by atoms with E-state index in [1.54, 1.807) is 19.0 Å². The number of hydrogen-bond donors (Lipinski definition) is 2. The van der Waals surface area contributed by atoms with Crippen LogP contribution in [0.3, 0.4) is 0 Å². The third-order valence-electron chi connectivity index (χ3n) is 2.91. The van der Waals surface area contributed by atoms with E-state index < -0.39 is 17.7 Å². The van der Waals surface area contributed by atoms with E-state index in [1.165, 1.54) is 7.11 Å². The summed E-state index contributed by atoms with van der Waals surface area (Å²) in [5, 5.41) is 5.57. The van der Waals surface area contributed by atoms with Crippen molar-refractivity contribution in [3.05, 3.63) is 0 Å². The van der Waals surface area contributed by atoms with Gasteiger partial charge >= 0.3 is 6.09 Å². The molecular weight excluding hydrogens is 222 g/mol. The quantitative estimate of drug-likeness (QED) is 0.725. The summed E-state index contributed by atoms with van der Waals surface area (Å²) in [7, 11) is 4.71. The first-order valence-electron chi connectivity index (χ1n) is 5.58. The molecule has 0 heterocycles. The number of hydrogen-bond acceptors (Lipinski definition) is 4. The first-order valence-corrected chi connectivity index (χ1v) is 5.58. The number of carbonyl (C=O) groups is 2. The molecule has 2 amide bonds. The Morgan fingerprint density at radius 2 is 1.94 bits per heavy atom. The van der Waals surface area contributed by atoms with Crippen molar-refractivity contribution >= 4 is 12.0 Å². The third-order valence-corrected chi connectivity index (χ3v) is 2.91. The lowest BCUT2D eigenvalue weighted by molar-refractivity contribution is -0.133. The highest BCUT2D eigenvalue weighted by Gasteiger charge is 2.36. The molecule has 0 radical (unpaired) electrons. The molecule has 0 rings (SSSR count). The highest BCUT2D eigenvalue weighted by atomic mass is 16.5. The number of likely N-dealkylation sites (N-methyl/N-ethyl adjacent to an activating group) is 2. The molecule has 0 saturated heterocycles. The monoisotopic (exact) mass is 245 g/mol. The van der Waals surface area contributed by atoms with Gasteiger partial charge in [-0.3, -0.25) is 4.79 Å². The molecule has 0 aromatic heterocycles. The fourth-order valence-electron chi connectivity index (χ4n) is 1.25. The van der Waals surface area contributed by atoms with Crippen molar-refractivity contribution < 1.29 is 14.3 Å². The van der Waals surface area contributed by atoms with Gasteiger partial charge in [-0.15, -0.1) is 0 Å². The summed E-state index contributed by atoms with van der Waals surface area (Å²) in [6.45, 7) is 6.14. The van der Waals surface area contributed by atoms with Crippen LogP contribution in [0.2, 0.25) is 0 Å². The molecular formula is C11H23N3O3. The normalized spacial score (nSPS) is 12.8. The predicted molar refractivity (Wildman–Crippen MR) is 65.8 cm³/mol. The molecule has 0 aliphatic carbocycles. The molecule has 0 spiro atoms. The lowest BCUT2D eigenvalue weighted by atomic mass is 9.93. The van der Waals surface area contributed by atoms with Crippen LogP contribution in [0, 0.1) is 0 Å². The van der Waals surface area contributed by atoms with Crippen molar-refractivity contribution in [2.45, 2.75) is 32.4 Å². The molecule has 2 N–H and O–H groups in total. The highest BCUT2D eigenvalue weighted by molar-refractivity contribution is 5.86. The minimum absolute atomic E-state index is 0.155. The number of nitrogens with zero attached hydrogens (tertiary/aromatic N) is 1. The molecule has 0 aromatic rings. The summed E-state index contributed by atoms with van der Waals surface area (Å²) in [4.78, 5) is 25.0. The standard InChI is InChI=1S/C11H23N3O3/c1-7-14(5)9(15)8(11(2,3)12-4)13-10(16)17-6/h8,12H,7H2,1-6H3,(H,13,16). The van der Waals surface area contributed by atoms with E-state index in [4.69, 9.17) is 0 Å². The van der Waals surface area contributed by atoms with Crippen LogP contribution in [0.5, 0.6) is 0 Å². The van der Waals surface area contributed by atoms with Gasteiger partial charge in [-0.05, 0) is 27.8 Å². The lowest BCUT2D eigenvalue weighted by Gasteiger charge is -2.35. The first-order chi connectivity index (χ1) is 7.80. The van der Waals surface area contributed by atoms with Crippen molar-refractivity contribution in [3.8, 4) is 0 Å². The topological polar surface area (TPSA) is 70.7 Å². The molecule has 0 aliphatic heterocycles. The summed E-state index contributed by atoms with van der Waals surface area (Å²) in [6.07, 6.45) is -0.615. The average Bonchev–Trinajstić information content (AvgIpc) is 2.33. The minimum Gasteiger partial charge on any atom is -0.453 e. The van der Waals surface area contributed by atoms with E-state index in [1.807, 2.05) is 20.8 Å². The summed E-state index contributed by atoms with van der Waals surface area (Å²) in [5.74, 6) is -0.155. The van der Waals surface area contributed by atoms with Gasteiger partial charge in [0.2, 0.25) is 5.91 Å². The van der Waals surface area contributed by atoms with Gasteiger partial charge in [0.15, 0.2) is 0 Å². The Morgan fingerprint density at radius 1 is 1.41 bits per heavy atom. The first kappa shape index (κ1) is 15.7. The summed E-state index contributed by atoms with van der Waals surface area (Å²) >= 11 is 0. The number of carbonyl (C=O) groups excluding carboxylic acids is 2. The maximum Gasteiger partial charge on any atom is 0.407 e. The van der Waals surface area contributed by atoms with Crippen LogP contribution in [0.25, 0.3) is 0 Å². The molecule has 0 saturated carbocycles. The van der Waals surface area contributed by atoms with Crippen molar-refractivity contribution in [1.82, 2.24) is 15.5 Å².